The van der Waals surface area contributed by atoms with Crippen molar-refractivity contribution in [3.05, 3.63) is 107 Å². The van der Waals surface area contributed by atoms with Gasteiger partial charge in [-0.2, -0.15) is 34.1 Å². The molecular formula is C18H18Cl3N6Y-6. The maximum atomic E-state index is 7.03. The molecule has 0 aliphatic carbocycles. The molecule has 6 N–H and O–H groups in total. The fourth-order valence-corrected chi connectivity index (χ4v) is 1.45. The Balaban J connectivity index is -0.000000144. The molecule has 0 amide bonds. The van der Waals surface area contributed by atoms with E-state index in [1.54, 1.807) is 72.8 Å². The van der Waals surface area contributed by atoms with E-state index in [4.69, 9.17) is 34.4 Å². The van der Waals surface area contributed by atoms with Crippen molar-refractivity contribution in [1.29, 1.82) is 0 Å². The van der Waals surface area contributed by atoms with Gasteiger partial charge in [-0.1, -0.05) is 72.8 Å². The molecule has 0 aliphatic rings. The van der Waals surface area contributed by atoms with Gasteiger partial charge >= 0.3 is 32.7 Å². The molecule has 3 rings (SSSR count). The van der Waals surface area contributed by atoms with Crippen LogP contribution in [0, 0.1) is 0 Å². The molecular weight excluding hydrogens is 496 g/mol. The molecule has 10 heteroatoms. The zero-order chi connectivity index (χ0) is 17.9. The number of halogens is 3. The van der Waals surface area contributed by atoms with E-state index in [-0.39, 0.29) is 104 Å². The molecule has 3 aromatic carbocycles. The summed E-state index contributed by atoms with van der Waals surface area (Å²) in [4.78, 5) is 0. The Morgan fingerprint density at radius 1 is 0.321 bits per heavy atom. The summed E-state index contributed by atoms with van der Waals surface area (Å²) >= 11 is 0. The second kappa shape index (κ2) is 18.8. The van der Waals surface area contributed by atoms with Crippen LogP contribution in [0.25, 0.3) is 34.4 Å². The predicted octanol–water partition coefficient (Wildman–Crippen LogP) is 0.172. The van der Waals surface area contributed by atoms with Crippen LogP contribution >= 0.6 is 0 Å². The maximum Gasteiger partial charge on any atom is 3.00 e. The summed E-state index contributed by atoms with van der Waals surface area (Å²) in [5.41, 5.74) is 43.9. The molecule has 0 fully saturated rings. The van der Waals surface area contributed by atoms with Crippen molar-refractivity contribution in [2.75, 3.05) is 0 Å². The Bertz CT molecular complexity index is 611. The molecule has 0 radical (unpaired) electrons. The van der Waals surface area contributed by atoms with Crippen LogP contribution in [0.5, 0.6) is 0 Å². The number of benzene rings is 3. The summed E-state index contributed by atoms with van der Waals surface area (Å²) in [6.07, 6.45) is 0. The SMILES string of the molecule is [Cl-].[Cl-].[Cl-].[NH-]c1ccccc1[NH-].[NH-]c1ccccc1[NH-].[NH-]c1ccccc1[NH-].[Y+3]. The predicted molar refractivity (Wildman–Crippen MR) is 103 cm³/mol. The minimum Gasteiger partial charge on any atom is -1.00 e. The molecule has 0 saturated heterocycles. The summed E-state index contributed by atoms with van der Waals surface area (Å²) in [5.74, 6) is 0. The fourth-order valence-electron chi connectivity index (χ4n) is 1.45. The molecule has 0 bridgehead atoms. The first-order valence-electron chi connectivity index (χ1n) is 6.98. The van der Waals surface area contributed by atoms with E-state index in [1.807, 2.05) is 0 Å². The Hall–Kier alpha value is -1.57. The van der Waals surface area contributed by atoms with Crippen LogP contribution in [-0.4, -0.2) is 0 Å². The smallest absolute Gasteiger partial charge is 1.00 e. The number of hydrogen-bond acceptors (Lipinski definition) is 0. The van der Waals surface area contributed by atoms with Gasteiger partial charge in [0, 0.05) is 0 Å². The van der Waals surface area contributed by atoms with Crippen molar-refractivity contribution in [2.45, 2.75) is 0 Å². The van der Waals surface area contributed by atoms with Crippen molar-refractivity contribution in [3.63, 3.8) is 0 Å². The van der Waals surface area contributed by atoms with E-state index in [2.05, 4.69) is 0 Å². The van der Waals surface area contributed by atoms with Crippen molar-refractivity contribution >= 4 is 34.1 Å². The van der Waals surface area contributed by atoms with Gasteiger partial charge in [-0.25, -0.2) is 0 Å². The Labute approximate surface area is 209 Å². The average molecular weight is 514 g/mol. The van der Waals surface area contributed by atoms with E-state index < -0.39 is 0 Å². The molecule has 0 atom stereocenters. The second-order valence-corrected chi connectivity index (χ2v) is 4.64. The number of nitrogens with one attached hydrogen (secondary N) is 6. The Kier molecular flexibility index (Phi) is 22.8. The molecule has 0 saturated carbocycles. The molecule has 0 aromatic heterocycles. The average Bonchev–Trinajstić information content (AvgIpc) is 2.57. The summed E-state index contributed by atoms with van der Waals surface area (Å²) in [7, 11) is 0. The quantitative estimate of drug-likeness (QED) is 0.404. The van der Waals surface area contributed by atoms with Gasteiger partial charge in [-0.3, -0.25) is 0 Å². The molecule has 150 valence electrons. The molecule has 0 heterocycles. The minimum absolute atomic E-state index is 0. The molecule has 0 unspecified atom stereocenters. The monoisotopic (exact) mass is 512 g/mol. The number of hydrogen-bond donors (Lipinski definition) is 0. The van der Waals surface area contributed by atoms with Gasteiger partial charge in [0.05, 0.1) is 0 Å². The summed E-state index contributed by atoms with van der Waals surface area (Å²) in [6, 6.07) is 20.1. The van der Waals surface area contributed by atoms with Crippen molar-refractivity contribution in [2.24, 2.45) is 0 Å². The van der Waals surface area contributed by atoms with Gasteiger partial charge in [-0.05, 0) is 0 Å². The zero-order valence-electron chi connectivity index (χ0n) is 14.6. The minimum atomic E-state index is 0. The van der Waals surface area contributed by atoms with Gasteiger partial charge < -0.3 is 71.6 Å². The molecule has 0 aliphatic heterocycles. The summed E-state index contributed by atoms with van der Waals surface area (Å²) in [5, 5.41) is 0. The third-order valence-corrected chi connectivity index (χ3v) is 2.78. The van der Waals surface area contributed by atoms with E-state index in [1.165, 1.54) is 0 Å². The standard InChI is InChI=1S/3C6H6N2.3ClH.Y/c3*7-5-3-1-2-4-6(5)8;;;;/h3*1-4,7-8H;3*1H;/q3*-2;;;;+3/p-3. The van der Waals surface area contributed by atoms with Crippen molar-refractivity contribution < 1.29 is 69.9 Å². The third kappa shape index (κ3) is 13.6. The Morgan fingerprint density at radius 2 is 0.429 bits per heavy atom. The first-order valence-corrected chi connectivity index (χ1v) is 6.98. The van der Waals surface area contributed by atoms with Crippen LogP contribution in [0.15, 0.2) is 72.8 Å². The van der Waals surface area contributed by atoms with Crippen LogP contribution in [0.2, 0.25) is 0 Å². The van der Waals surface area contributed by atoms with Crippen LogP contribution in [0.3, 0.4) is 0 Å². The van der Waals surface area contributed by atoms with Crippen molar-refractivity contribution in [1.82, 2.24) is 0 Å². The maximum absolute atomic E-state index is 7.03. The summed E-state index contributed by atoms with van der Waals surface area (Å²) < 4.78 is 0. The third-order valence-electron chi connectivity index (χ3n) is 2.78. The topological polar surface area (TPSA) is 143 Å². The van der Waals surface area contributed by atoms with Gasteiger partial charge in [0.1, 0.15) is 0 Å². The molecule has 3 aromatic rings. The molecule has 0 spiro atoms. The largest absolute Gasteiger partial charge is 3.00 e. The Morgan fingerprint density at radius 3 is 0.500 bits per heavy atom. The normalized spacial score (nSPS) is 7.71. The van der Waals surface area contributed by atoms with Crippen molar-refractivity contribution in [3.8, 4) is 0 Å². The first-order chi connectivity index (χ1) is 11.4. The van der Waals surface area contributed by atoms with Crippen LogP contribution < -0.4 is 37.2 Å². The van der Waals surface area contributed by atoms with Crippen LogP contribution in [0.1, 0.15) is 0 Å². The summed E-state index contributed by atoms with van der Waals surface area (Å²) in [6.45, 7) is 0. The van der Waals surface area contributed by atoms with Gasteiger partial charge in [0.25, 0.3) is 0 Å². The van der Waals surface area contributed by atoms with E-state index >= 15 is 0 Å². The zero-order valence-corrected chi connectivity index (χ0v) is 19.7. The first kappa shape index (κ1) is 34.0. The molecule has 6 nitrogen and oxygen atoms in total. The number of rotatable bonds is 0. The second-order valence-electron chi connectivity index (χ2n) is 4.64. The van der Waals surface area contributed by atoms with E-state index in [9.17, 15) is 0 Å². The molecule has 28 heavy (non-hydrogen) atoms. The van der Waals surface area contributed by atoms with Crippen LogP contribution in [-0.2, 0) is 32.7 Å². The fraction of sp³-hybridized carbons (Fsp3) is 0. The van der Waals surface area contributed by atoms with Crippen LogP contribution in [0.4, 0.5) is 34.1 Å². The van der Waals surface area contributed by atoms with Gasteiger partial charge in [0.15, 0.2) is 0 Å². The van der Waals surface area contributed by atoms with E-state index in [0.717, 1.165) is 0 Å². The van der Waals surface area contributed by atoms with Gasteiger partial charge in [0.2, 0.25) is 0 Å². The van der Waals surface area contributed by atoms with E-state index in [0.29, 0.717) is 0 Å². The van der Waals surface area contributed by atoms with Gasteiger partial charge in [-0.15, -0.1) is 0 Å².